The Morgan fingerprint density at radius 3 is 2.66 bits per heavy atom. The Morgan fingerprint density at radius 1 is 1.24 bits per heavy atom. The maximum atomic E-state index is 13.9. The zero-order valence-electron chi connectivity index (χ0n) is 24.0. The molecule has 0 spiro atoms. The van der Waals surface area contributed by atoms with E-state index in [9.17, 15) is 14.7 Å². The minimum Gasteiger partial charge on any atom is -0.481 e. The number of carboxylic acids is 1. The molecule has 0 amide bonds. The number of carbonyl (C=O) groups is 2. The molecule has 6 rings (SSSR count). The number of carboxylic acid groups (broad SMARTS) is 1. The van der Waals surface area contributed by atoms with Crippen molar-refractivity contribution in [1.29, 1.82) is 0 Å². The lowest BCUT2D eigenvalue weighted by Crippen LogP contribution is -2.65. The third kappa shape index (κ3) is 3.35. The molecule has 6 nitrogen and oxygen atoms in total. The lowest BCUT2D eigenvalue weighted by molar-refractivity contribution is -0.197. The number of morpholine rings is 1. The van der Waals surface area contributed by atoms with Gasteiger partial charge in [0.2, 0.25) is 0 Å². The van der Waals surface area contributed by atoms with Crippen molar-refractivity contribution < 1.29 is 24.2 Å². The fraction of sp³-hybridized carbons (Fsp3) is 0.875. The minimum absolute atomic E-state index is 0.104. The van der Waals surface area contributed by atoms with Crippen LogP contribution in [0.15, 0.2) is 11.6 Å². The Bertz CT molecular complexity index is 973. The van der Waals surface area contributed by atoms with Gasteiger partial charge in [-0.1, -0.05) is 58.6 Å². The molecule has 2 heterocycles. The van der Waals surface area contributed by atoms with Crippen molar-refractivity contribution in [1.82, 2.24) is 4.90 Å². The monoisotopic (exact) mass is 527 g/mol. The van der Waals surface area contributed by atoms with Crippen LogP contribution in [0.4, 0.5) is 0 Å². The molecule has 2 saturated heterocycles. The van der Waals surface area contributed by atoms with Crippen LogP contribution in [0.5, 0.6) is 0 Å². The third-order valence-corrected chi connectivity index (χ3v) is 12.4. The van der Waals surface area contributed by atoms with Gasteiger partial charge < -0.3 is 19.4 Å². The van der Waals surface area contributed by atoms with E-state index in [2.05, 4.69) is 38.7 Å². The zero-order valence-corrected chi connectivity index (χ0v) is 24.0. The molecule has 5 fully saturated rings. The van der Waals surface area contributed by atoms with Crippen LogP contribution in [-0.4, -0.2) is 67.3 Å². The van der Waals surface area contributed by atoms with Crippen molar-refractivity contribution in [3.8, 4) is 0 Å². The Morgan fingerprint density at radius 2 is 2.00 bits per heavy atom. The summed E-state index contributed by atoms with van der Waals surface area (Å²) < 4.78 is 12.8. The first kappa shape index (κ1) is 27.0. The van der Waals surface area contributed by atoms with Gasteiger partial charge in [0.25, 0.3) is 0 Å². The average molecular weight is 528 g/mol. The van der Waals surface area contributed by atoms with Crippen molar-refractivity contribution in [2.24, 2.45) is 51.8 Å². The molecule has 7 unspecified atom stereocenters. The largest absolute Gasteiger partial charge is 0.481 e. The second-order valence-electron chi connectivity index (χ2n) is 14.1. The Labute approximate surface area is 228 Å². The van der Waals surface area contributed by atoms with Gasteiger partial charge in [0.15, 0.2) is 0 Å². The van der Waals surface area contributed by atoms with Crippen LogP contribution in [0.25, 0.3) is 0 Å². The summed E-state index contributed by atoms with van der Waals surface area (Å²) in [6.45, 7) is 13.2. The van der Waals surface area contributed by atoms with Crippen LogP contribution < -0.4 is 0 Å². The topological polar surface area (TPSA) is 76.1 Å². The predicted octanol–water partition coefficient (Wildman–Crippen LogP) is 5.21. The predicted molar refractivity (Wildman–Crippen MR) is 146 cm³/mol. The first-order chi connectivity index (χ1) is 18.3. The Hall–Kier alpha value is -1.24. The van der Waals surface area contributed by atoms with Gasteiger partial charge in [0, 0.05) is 25.0 Å². The number of aliphatic carboxylic acids is 1. The molecule has 0 radical (unpaired) electrons. The summed E-state index contributed by atoms with van der Waals surface area (Å²) in [7, 11) is 0. The number of hydrogen-bond donors (Lipinski definition) is 1. The number of rotatable bonds is 9. The molecule has 212 valence electrons. The van der Waals surface area contributed by atoms with Crippen LogP contribution in [0, 0.1) is 51.8 Å². The number of hydrogen-bond acceptors (Lipinski definition) is 5. The molecule has 4 aliphatic carbocycles. The first-order valence-electron chi connectivity index (χ1n) is 15.6. The molecule has 2 aliphatic heterocycles. The van der Waals surface area contributed by atoms with Gasteiger partial charge in [-0.15, -0.1) is 0 Å². The van der Waals surface area contributed by atoms with Crippen molar-refractivity contribution in [3.63, 3.8) is 0 Å². The van der Waals surface area contributed by atoms with E-state index in [-0.39, 0.29) is 30.0 Å². The summed E-state index contributed by atoms with van der Waals surface area (Å²) in [5.41, 5.74) is -1.45. The van der Waals surface area contributed by atoms with Crippen LogP contribution in [0.1, 0.15) is 79.1 Å². The minimum atomic E-state index is -1.14. The number of allylic oxidation sites excluding steroid dienone is 1. The van der Waals surface area contributed by atoms with Crippen molar-refractivity contribution in [2.45, 2.75) is 91.3 Å². The van der Waals surface area contributed by atoms with Gasteiger partial charge in [0.05, 0.1) is 30.8 Å². The maximum Gasteiger partial charge on any atom is 0.315 e. The molecule has 4 bridgehead atoms. The molecule has 0 aromatic heterocycles. The molecule has 0 aromatic rings. The fourth-order valence-electron chi connectivity index (χ4n) is 11.0. The van der Waals surface area contributed by atoms with Crippen molar-refractivity contribution >= 4 is 12.3 Å². The van der Waals surface area contributed by atoms with Crippen LogP contribution in [0.3, 0.4) is 0 Å². The highest BCUT2D eigenvalue weighted by molar-refractivity contribution is 5.90. The molecule has 0 aromatic carbocycles. The molecule has 10 atom stereocenters. The SMILES string of the molecule is CCCCC1CC(C23C[C@@H]4[C@H](C)CC[C@H]4C4(C=O)CC2C=C(C(C)C)C34C(=O)O)OC1CN1CCOCC1. The number of unbranched alkanes of at least 4 members (excludes halogenated alkanes) is 1. The first-order valence-corrected chi connectivity index (χ1v) is 15.6. The molecular formula is C32H49NO5. The van der Waals surface area contributed by atoms with Gasteiger partial charge in [-0.05, 0) is 67.6 Å². The zero-order chi connectivity index (χ0) is 26.9. The molecule has 38 heavy (non-hydrogen) atoms. The number of carbonyl (C=O) groups excluding carboxylic acids is 1. The lowest BCUT2D eigenvalue weighted by Gasteiger charge is -2.60. The molecule has 6 heteroatoms. The summed E-state index contributed by atoms with van der Waals surface area (Å²) in [6.07, 6.45) is 11.6. The van der Waals surface area contributed by atoms with E-state index >= 15 is 0 Å². The highest BCUT2D eigenvalue weighted by Crippen LogP contribution is 2.84. The molecular weight excluding hydrogens is 478 g/mol. The van der Waals surface area contributed by atoms with Crippen LogP contribution >= 0.6 is 0 Å². The summed E-state index contributed by atoms with van der Waals surface area (Å²) >= 11 is 0. The molecule has 6 aliphatic rings. The number of nitrogens with zero attached hydrogens (tertiary/aromatic N) is 1. The van der Waals surface area contributed by atoms with E-state index in [1.165, 1.54) is 6.42 Å². The van der Waals surface area contributed by atoms with Gasteiger partial charge in [-0.2, -0.15) is 0 Å². The highest BCUT2D eigenvalue weighted by atomic mass is 16.5. The second-order valence-corrected chi connectivity index (χ2v) is 14.1. The maximum absolute atomic E-state index is 13.9. The summed E-state index contributed by atoms with van der Waals surface area (Å²) in [5.74, 6) is 1.01. The smallest absolute Gasteiger partial charge is 0.315 e. The van der Waals surface area contributed by atoms with Crippen molar-refractivity contribution in [3.05, 3.63) is 11.6 Å². The van der Waals surface area contributed by atoms with E-state index in [0.717, 1.165) is 83.2 Å². The third-order valence-electron chi connectivity index (χ3n) is 12.4. The van der Waals surface area contributed by atoms with E-state index in [0.29, 0.717) is 24.2 Å². The molecule has 3 saturated carbocycles. The van der Waals surface area contributed by atoms with E-state index in [1.54, 1.807) is 0 Å². The summed E-state index contributed by atoms with van der Waals surface area (Å²) in [5, 5.41) is 11.4. The van der Waals surface area contributed by atoms with E-state index in [4.69, 9.17) is 9.47 Å². The van der Waals surface area contributed by atoms with Gasteiger partial charge in [0.1, 0.15) is 11.7 Å². The summed E-state index contributed by atoms with van der Waals surface area (Å²) in [6, 6.07) is 0. The van der Waals surface area contributed by atoms with Gasteiger partial charge in [-0.25, -0.2) is 0 Å². The van der Waals surface area contributed by atoms with Crippen LogP contribution in [-0.2, 0) is 19.1 Å². The number of aldehydes is 1. The highest BCUT2D eigenvalue weighted by Gasteiger charge is 2.86. The van der Waals surface area contributed by atoms with Gasteiger partial charge in [-0.3, -0.25) is 9.69 Å². The second kappa shape index (κ2) is 9.69. The van der Waals surface area contributed by atoms with E-state index < -0.39 is 22.2 Å². The average Bonchev–Trinajstić information content (AvgIpc) is 3.61. The van der Waals surface area contributed by atoms with E-state index in [1.807, 2.05) is 0 Å². The van der Waals surface area contributed by atoms with Crippen molar-refractivity contribution in [2.75, 3.05) is 32.8 Å². The standard InChI is InChI=1S/C32H49NO5/c1-5-6-7-22-14-28(38-27(22)18-33-10-12-37-13-11-33)31-17-24-21(4)8-9-25(24)30(19-34)16-23(31)15-26(20(2)3)32(30,31)29(35)36/h15,19-25,27-28H,5-14,16-18H2,1-4H3,(H,35,36)/t21-,22?,23?,24-,25-,27?,28?,30?,31?,32?/m1/s1. The molecule has 1 N–H and O–H groups in total. The normalized spacial score (nSPS) is 47.9. The lowest BCUT2D eigenvalue weighted by atomic mass is 9.41. The number of fused-ring (bicyclic) bond motifs is 2. The number of ether oxygens (including phenoxy) is 2. The Balaban J connectivity index is 1.44. The van der Waals surface area contributed by atoms with Gasteiger partial charge >= 0.3 is 5.97 Å². The quantitative estimate of drug-likeness (QED) is 0.328. The fourth-order valence-corrected chi connectivity index (χ4v) is 11.0. The van der Waals surface area contributed by atoms with Crippen LogP contribution in [0.2, 0.25) is 0 Å². The summed E-state index contributed by atoms with van der Waals surface area (Å²) in [4.78, 5) is 29.8. The Kier molecular flexibility index (Phi) is 6.88.